The predicted molar refractivity (Wildman–Crippen MR) is 184 cm³/mol. The lowest BCUT2D eigenvalue weighted by atomic mass is 9.89. The van der Waals surface area contributed by atoms with Crippen LogP contribution in [0.2, 0.25) is 0 Å². The molecule has 0 aromatic heterocycles. The van der Waals surface area contributed by atoms with E-state index in [9.17, 15) is 20.1 Å². The van der Waals surface area contributed by atoms with Crippen LogP contribution < -0.4 is 10.1 Å². The first-order chi connectivity index (χ1) is 21.9. The fourth-order valence-electron chi connectivity index (χ4n) is 5.92. The van der Waals surface area contributed by atoms with Crippen LogP contribution in [-0.4, -0.2) is 53.3 Å². The quantitative estimate of drug-likeness (QED) is 0.123. The number of aromatic hydroxyl groups is 3. The third-order valence-electron chi connectivity index (χ3n) is 8.27. The number of methoxy groups -OCH3 is 1. The van der Waals surface area contributed by atoms with Gasteiger partial charge in [-0.15, -0.1) is 0 Å². The van der Waals surface area contributed by atoms with Gasteiger partial charge in [0, 0.05) is 36.3 Å². The molecule has 9 heteroatoms. The number of rotatable bonds is 6. The molecule has 45 heavy (non-hydrogen) atoms. The van der Waals surface area contributed by atoms with Crippen LogP contribution in [0.3, 0.4) is 0 Å². The van der Waals surface area contributed by atoms with Crippen LogP contribution in [0, 0.1) is 0 Å². The highest BCUT2D eigenvalue weighted by molar-refractivity contribution is 8.76. The summed E-state index contributed by atoms with van der Waals surface area (Å²) in [6, 6.07) is 20.1. The normalized spacial score (nSPS) is 17.4. The first kappa shape index (κ1) is 33.0. The molecular formula is C36H41NO6S2. The molecule has 7 nitrogen and oxygen atoms in total. The molecule has 4 aromatic carbocycles. The van der Waals surface area contributed by atoms with Crippen LogP contribution in [0.1, 0.15) is 48.8 Å². The van der Waals surface area contributed by atoms with Crippen LogP contribution >= 0.6 is 21.6 Å². The molecular weight excluding hydrogens is 607 g/mol. The van der Waals surface area contributed by atoms with Crippen LogP contribution in [0.5, 0.6) is 23.0 Å². The van der Waals surface area contributed by atoms with Crippen molar-refractivity contribution in [1.82, 2.24) is 5.32 Å². The maximum atomic E-state index is 13.5. The van der Waals surface area contributed by atoms with Crippen molar-refractivity contribution >= 4 is 38.1 Å². The summed E-state index contributed by atoms with van der Waals surface area (Å²) in [7, 11) is 7.01. The number of phenols is 3. The molecule has 1 heterocycles. The van der Waals surface area contributed by atoms with Crippen molar-refractivity contribution in [2.45, 2.75) is 63.0 Å². The summed E-state index contributed by atoms with van der Waals surface area (Å²) in [6.45, 7) is 0. The second kappa shape index (κ2) is 15.8. The molecule has 0 saturated heterocycles. The van der Waals surface area contributed by atoms with Gasteiger partial charge in [-0.25, -0.2) is 0 Å². The van der Waals surface area contributed by atoms with Gasteiger partial charge >= 0.3 is 0 Å². The standard InChI is InChI=1S/C36H41NO6S2/c1-37-34(19-23-6-12-26(38)13-7-23)43-29-5-3-4-18-44-45-22-32-30(16-10-24-8-14-28(40)21-31(24)32)35-25(9-15-27(39)20-29)11-17-33(41)36(35)42-2/h6-8,10-14,16-17,21,29,34,37-38,40-41H,3-5,9,15,18-20,22H2,1-2H3/t29-,34-/m1/s1. The molecule has 238 valence electrons. The van der Waals surface area contributed by atoms with Crippen molar-refractivity contribution in [3.8, 4) is 34.1 Å². The lowest BCUT2D eigenvalue weighted by Gasteiger charge is -2.25. The van der Waals surface area contributed by atoms with Gasteiger partial charge in [-0.05, 0) is 89.7 Å². The minimum absolute atomic E-state index is 0.0427. The van der Waals surface area contributed by atoms with E-state index in [-0.39, 0.29) is 35.4 Å². The Morgan fingerprint density at radius 2 is 1.71 bits per heavy atom. The lowest BCUT2D eigenvalue weighted by molar-refractivity contribution is -0.124. The van der Waals surface area contributed by atoms with Gasteiger partial charge in [-0.1, -0.05) is 64.4 Å². The molecule has 0 radical (unpaired) electrons. The van der Waals surface area contributed by atoms with E-state index in [1.807, 2.05) is 48.2 Å². The van der Waals surface area contributed by atoms with E-state index < -0.39 is 0 Å². The van der Waals surface area contributed by atoms with Crippen molar-refractivity contribution in [3.63, 3.8) is 0 Å². The molecule has 5 rings (SSSR count). The van der Waals surface area contributed by atoms with Gasteiger partial charge < -0.3 is 24.8 Å². The molecule has 0 unspecified atom stereocenters. The highest BCUT2D eigenvalue weighted by Gasteiger charge is 2.23. The molecule has 0 fully saturated rings. The monoisotopic (exact) mass is 647 g/mol. The number of hydrogen-bond donors (Lipinski definition) is 4. The number of carbonyl (C=O) groups is 1. The summed E-state index contributed by atoms with van der Waals surface area (Å²) in [5.41, 5.74) is 4.72. The number of ketones is 1. The highest BCUT2D eigenvalue weighted by Crippen LogP contribution is 2.45. The largest absolute Gasteiger partial charge is 0.508 e. The van der Waals surface area contributed by atoms with Crippen molar-refractivity contribution in [2.24, 2.45) is 0 Å². The van der Waals surface area contributed by atoms with Gasteiger partial charge in [0.15, 0.2) is 11.5 Å². The van der Waals surface area contributed by atoms with Gasteiger partial charge in [0.05, 0.1) is 13.2 Å². The molecule has 1 aliphatic rings. The molecule has 2 atom stereocenters. The van der Waals surface area contributed by atoms with Gasteiger partial charge in [-0.2, -0.15) is 0 Å². The first-order valence-corrected chi connectivity index (χ1v) is 17.9. The van der Waals surface area contributed by atoms with Crippen molar-refractivity contribution < 1.29 is 29.6 Å². The van der Waals surface area contributed by atoms with Crippen LogP contribution in [0.15, 0.2) is 66.7 Å². The molecule has 0 bridgehead atoms. The molecule has 0 aliphatic carbocycles. The number of aryl methyl sites for hydroxylation is 1. The fraction of sp³-hybridized carbons (Fsp3) is 0.361. The Kier molecular flexibility index (Phi) is 11.6. The van der Waals surface area contributed by atoms with E-state index in [0.29, 0.717) is 37.2 Å². The fourth-order valence-corrected chi connectivity index (χ4v) is 8.18. The molecule has 0 amide bonds. The summed E-state index contributed by atoms with van der Waals surface area (Å²) >= 11 is 0. The number of likely N-dealkylation sites (N-methyl/N-ethyl adjacent to an activating group) is 1. The number of Topliss-reactive ketones (excluding diaryl/α,β-unsaturated/α-hetero) is 1. The number of benzene rings is 4. The summed E-state index contributed by atoms with van der Waals surface area (Å²) < 4.78 is 12.2. The number of fused-ring (bicyclic) bond motifs is 5. The van der Waals surface area contributed by atoms with E-state index in [1.54, 1.807) is 48.2 Å². The van der Waals surface area contributed by atoms with Crippen LogP contribution in [0.25, 0.3) is 21.9 Å². The third-order valence-corrected chi connectivity index (χ3v) is 10.7. The van der Waals surface area contributed by atoms with Crippen molar-refractivity contribution in [1.29, 1.82) is 0 Å². The zero-order valence-electron chi connectivity index (χ0n) is 25.8. The van der Waals surface area contributed by atoms with E-state index in [0.717, 1.165) is 63.6 Å². The number of nitrogens with one attached hydrogen (secondary N) is 1. The first-order valence-electron chi connectivity index (χ1n) is 15.4. The Morgan fingerprint density at radius 3 is 2.49 bits per heavy atom. The van der Waals surface area contributed by atoms with Crippen molar-refractivity contribution in [2.75, 3.05) is 19.9 Å². The van der Waals surface area contributed by atoms with Gasteiger partial charge in [0.25, 0.3) is 0 Å². The molecule has 0 spiro atoms. The average Bonchev–Trinajstić information content (AvgIpc) is 3.03. The third kappa shape index (κ3) is 8.47. The topological polar surface area (TPSA) is 108 Å². The Morgan fingerprint density at radius 1 is 0.933 bits per heavy atom. The molecule has 0 saturated carbocycles. The van der Waals surface area contributed by atoms with E-state index in [1.165, 1.54) is 0 Å². The van der Waals surface area contributed by atoms with Gasteiger partial charge in [0.2, 0.25) is 0 Å². The Bertz CT molecular complexity index is 1610. The van der Waals surface area contributed by atoms with E-state index >= 15 is 0 Å². The molecule has 4 N–H and O–H groups in total. The maximum Gasteiger partial charge on any atom is 0.168 e. The van der Waals surface area contributed by atoms with Gasteiger partial charge in [0.1, 0.15) is 23.5 Å². The predicted octanol–water partition coefficient (Wildman–Crippen LogP) is 7.76. The highest BCUT2D eigenvalue weighted by atomic mass is 33.1. The van der Waals surface area contributed by atoms with E-state index in [2.05, 4.69) is 11.4 Å². The number of ether oxygens (including phenoxy) is 2. The zero-order valence-corrected chi connectivity index (χ0v) is 27.4. The minimum Gasteiger partial charge on any atom is -0.508 e. The summed E-state index contributed by atoms with van der Waals surface area (Å²) in [5.74, 6) is 2.64. The van der Waals surface area contributed by atoms with E-state index in [4.69, 9.17) is 9.47 Å². The Labute approximate surface area is 272 Å². The summed E-state index contributed by atoms with van der Waals surface area (Å²) in [4.78, 5) is 13.5. The SMILES string of the molecule is CN[C@@H](Cc1ccc(O)cc1)O[C@@H]1CCCCSSCc2c(ccc3ccc(O)cc23)-c2c(ccc(O)c2OC)CCC(=O)C1. The van der Waals surface area contributed by atoms with Crippen molar-refractivity contribution in [3.05, 3.63) is 83.4 Å². The van der Waals surface area contributed by atoms with Gasteiger partial charge in [-0.3, -0.25) is 10.1 Å². The smallest absolute Gasteiger partial charge is 0.168 e. The lowest BCUT2D eigenvalue weighted by Crippen LogP contribution is -2.35. The Hall–Kier alpha value is -3.37. The molecule has 4 aromatic rings. The second-order valence-corrected chi connectivity index (χ2v) is 14.0. The maximum absolute atomic E-state index is 13.5. The number of phenolic OH excluding ortho intramolecular Hbond substituents is 3. The Balaban J connectivity index is 1.44. The second-order valence-electron chi connectivity index (χ2n) is 11.4. The number of hydrogen-bond acceptors (Lipinski definition) is 9. The summed E-state index contributed by atoms with van der Waals surface area (Å²) in [6.07, 6.45) is 4.02. The minimum atomic E-state index is -0.262. The van der Waals surface area contributed by atoms with Crippen LogP contribution in [0.4, 0.5) is 0 Å². The molecule has 1 aliphatic heterocycles. The summed E-state index contributed by atoms with van der Waals surface area (Å²) in [5, 5.41) is 36.1. The average molecular weight is 648 g/mol. The van der Waals surface area contributed by atoms with Crippen LogP contribution in [-0.2, 0) is 28.1 Å². The zero-order chi connectivity index (χ0) is 31.8. The number of carbonyl (C=O) groups excluding carboxylic acids is 1.